The van der Waals surface area contributed by atoms with Gasteiger partial charge in [0, 0.05) is 25.2 Å². The molecule has 2 heterocycles. The molecule has 2 fully saturated rings. The van der Waals surface area contributed by atoms with Crippen molar-refractivity contribution in [2.45, 2.75) is 51.5 Å². The fourth-order valence-corrected chi connectivity index (χ4v) is 3.08. The molecule has 0 radical (unpaired) electrons. The fourth-order valence-electron chi connectivity index (χ4n) is 3.08. The third kappa shape index (κ3) is 3.43. The summed E-state index contributed by atoms with van der Waals surface area (Å²) < 4.78 is 5.61. The minimum atomic E-state index is 0.206. The van der Waals surface area contributed by atoms with Gasteiger partial charge in [-0.1, -0.05) is 6.92 Å². The maximum Gasteiger partial charge on any atom is 0.0645 e. The standard InChI is InChI=1S/C14H28N2O/c1-3-14(7-4-8-15-10-14)11-16-13(2)6-5-9-17-12-13/h15-16H,3-12H2,1-2H3. The summed E-state index contributed by atoms with van der Waals surface area (Å²) in [5.74, 6) is 0. The second-order valence-corrected chi connectivity index (χ2v) is 6.20. The highest BCUT2D eigenvalue weighted by molar-refractivity contribution is 4.92. The van der Waals surface area contributed by atoms with Gasteiger partial charge in [0.2, 0.25) is 0 Å². The minimum absolute atomic E-state index is 0.206. The first-order chi connectivity index (χ1) is 8.18. The Bertz CT molecular complexity index is 230. The van der Waals surface area contributed by atoms with Gasteiger partial charge in [-0.05, 0) is 51.0 Å². The van der Waals surface area contributed by atoms with Crippen LogP contribution in [0.3, 0.4) is 0 Å². The highest BCUT2D eigenvalue weighted by atomic mass is 16.5. The van der Waals surface area contributed by atoms with Gasteiger partial charge in [0.1, 0.15) is 0 Å². The Balaban J connectivity index is 1.86. The third-order valence-electron chi connectivity index (χ3n) is 4.64. The fraction of sp³-hybridized carbons (Fsp3) is 1.00. The van der Waals surface area contributed by atoms with Crippen molar-refractivity contribution in [3.63, 3.8) is 0 Å². The monoisotopic (exact) mass is 240 g/mol. The van der Waals surface area contributed by atoms with Gasteiger partial charge in [0.25, 0.3) is 0 Å². The zero-order valence-corrected chi connectivity index (χ0v) is 11.5. The Morgan fingerprint density at radius 1 is 1.29 bits per heavy atom. The predicted molar refractivity (Wildman–Crippen MR) is 71.3 cm³/mol. The zero-order chi connectivity index (χ0) is 12.2. The molecule has 3 nitrogen and oxygen atoms in total. The molecule has 0 amide bonds. The molecule has 2 rings (SSSR count). The van der Waals surface area contributed by atoms with Crippen LogP contribution in [0.2, 0.25) is 0 Å². The van der Waals surface area contributed by atoms with Gasteiger partial charge >= 0.3 is 0 Å². The lowest BCUT2D eigenvalue weighted by molar-refractivity contribution is 0.0206. The first-order valence-electron chi connectivity index (χ1n) is 7.22. The lowest BCUT2D eigenvalue weighted by Gasteiger charge is -2.42. The molecule has 2 aliphatic heterocycles. The molecule has 2 N–H and O–H groups in total. The topological polar surface area (TPSA) is 33.3 Å². The van der Waals surface area contributed by atoms with Crippen molar-refractivity contribution in [1.29, 1.82) is 0 Å². The number of rotatable bonds is 4. The molecule has 17 heavy (non-hydrogen) atoms. The molecule has 100 valence electrons. The number of nitrogens with one attached hydrogen (secondary N) is 2. The summed E-state index contributed by atoms with van der Waals surface area (Å²) in [5, 5.41) is 7.35. The van der Waals surface area contributed by atoms with E-state index in [1.807, 2.05) is 0 Å². The largest absolute Gasteiger partial charge is 0.380 e. The van der Waals surface area contributed by atoms with Crippen molar-refractivity contribution in [3.8, 4) is 0 Å². The average Bonchev–Trinajstić information content (AvgIpc) is 2.39. The molecular formula is C14H28N2O. The molecule has 0 saturated carbocycles. The molecule has 0 aromatic rings. The Hall–Kier alpha value is -0.120. The maximum absolute atomic E-state index is 5.61. The summed E-state index contributed by atoms with van der Waals surface area (Å²) in [4.78, 5) is 0. The SMILES string of the molecule is CCC1(CNC2(C)CCCOC2)CCCNC1. The molecule has 0 spiro atoms. The van der Waals surface area contributed by atoms with Crippen LogP contribution in [0.4, 0.5) is 0 Å². The molecule has 2 aliphatic rings. The molecule has 0 aromatic heterocycles. The third-order valence-corrected chi connectivity index (χ3v) is 4.64. The Morgan fingerprint density at radius 2 is 2.18 bits per heavy atom. The second kappa shape index (κ2) is 5.68. The second-order valence-electron chi connectivity index (χ2n) is 6.20. The first-order valence-corrected chi connectivity index (χ1v) is 7.22. The van der Waals surface area contributed by atoms with Crippen LogP contribution in [0, 0.1) is 5.41 Å². The van der Waals surface area contributed by atoms with E-state index >= 15 is 0 Å². The van der Waals surface area contributed by atoms with Crippen molar-refractivity contribution in [1.82, 2.24) is 10.6 Å². The summed E-state index contributed by atoms with van der Waals surface area (Å²) in [6.07, 6.45) is 6.40. The summed E-state index contributed by atoms with van der Waals surface area (Å²) in [7, 11) is 0. The normalized spacial score (nSPS) is 39.2. The Kier molecular flexibility index (Phi) is 4.45. The van der Waals surface area contributed by atoms with E-state index in [-0.39, 0.29) is 5.54 Å². The van der Waals surface area contributed by atoms with Crippen LogP contribution < -0.4 is 10.6 Å². The Labute approximate surface area is 106 Å². The average molecular weight is 240 g/mol. The maximum atomic E-state index is 5.61. The molecule has 0 aliphatic carbocycles. The van der Waals surface area contributed by atoms with Crippen molar-refractivity contribution in [2.24, 2.45) is 5.41 Å². The van der Waals surface area contributed by atoms with E-state index in [0.29, 0.717) is 5.41 Å². The number of hydrogen-bond acceptors (Lipinski definition) is 3. The van der Waals surface area contributed by atoms with E-state index < -0.39 is 0 Å². The van der Waals surface area contributed by atoms with Crippen molar-refractivity contribution in [2.75, 3.05) is 32.8 Å². The number of hydrogen-bond donors (Lipinski definition) is 2. The van der Waals surface area contributed by atoms with Gasteiger partial charge in [-0.2, -0.15) is 0 Å². The van der Waals surface area contributed by atoms with Gasteiger partial charge in [0.05, 0.1) is 6.61 Å². The first kappa shape index (κ1) is 13.3. The lowest BCUT2D eigenvalue weighted by atomic mass is 9.77. The summed E-state index contributed by atoms with van der Waals surface area (Å²) >= 11 is 0. The van der Waals surface area contributed by atoms with Gasteiger partial charge in [-0.3, -0.25) is 0 Å². The quantitative estimate of drug-likeness (QED) is 0.788. The smallest absolute Gasteiger partial charge is 0.0645 e. The zero-order valence-electron chi connectivity index (χ0n) is 11.5. The molecule has 0 bridgehead atoms. The van der Waals surface area contributed by atoms with Crippen molar-refractivity contribution >= 4 is 0 Å². The van der Waals surface area contributed by atoms with Gasteiger partial charge in [-0.25, -0.2) is 0 Å². The van der Waals surface area contributed by atoms with Gasteiger partial charge in [-0.15, -0.1) is 0 Å². The van der Waals surface area contributed by atoms with Crippen LogP contribution >= 0.6 is 0 Å². The molecule has 2 saturated heterocycles. The van der Waals surface area contributed by atoms with E-state index in [2.05, 4.69) is 24.5 Å². The van der Waals surface area contributed by atoms with Crippen LogP contribution in [0.15, 0.2) is 0 Å². The molecule has 0 aromatic carbocycles. The van der Waals surface area contributed by atoms with Crippen LogP contribution in [-0.4, -0.2) is 38.4 Å². The van der Waals surface area contributed by atoms with Crippen LogP contribution in [-0.2, 0) is 4.74 Å². The summed E-state index contributed by atoms with van der Waals surface area (Å²) in [5.41, 5.74) is 0.677. The molecular weight excluding hydrogens is 212 g/mol. The highest BCUT2D eigenvalue weighted by Gasteiger charge is 2.34. The molecule has 2 atom stereocenters. The van der Waals surface area contributed by atoms with E-state index in [9.17, 15) is 0 Å². The number of ether oxygens (including phenoxy) is 1. The Morgan fingerprint density at radius 3 is 2.76 bits per heavy atom. The van der Waals surface area contributed by atoms with Gasteiger partial charge in [0.15, 0.2) is 0 Å². The van der Waals surface area contributed by atoms with Gasteiger partial charge < -0.3 is 15.4 Å². The van der Waals surface area contributed by atoms with Crippen LogP contribution in [0.5, 0.6) is 0 Å². The van der Waals surface area contributed by atoms with Crippen molar-refractivity contribution in [3.05, 3.63) is 0 Å². The highest BCUT2D eigenvalue weighted by Crippen LogP contribution is 2.30. The van der Waals surface area contributed by atoms with E-state index in [4.69, 9.17) is 4.74 Å². The van der Waals surface area contributed by atoms with Crippen molar-refractivity contribution < 1.29 is 4.74 Å². The van der Waals surface area contributed by atoms with Crippen LogP contribution in [0.25, 0.3) is 0 Å². The molecule has 2 unspecified atom stereocenters. The van der Waals surface area contributed by atoms with E-state index in [1.54, 1.807) is 0 Å². The minimum Gasteiger partial charge on any atom is -0.380 e. The van der Waals surface area contributed by atoms with E-state index in [1.165, 1.54) is 45.2 Å². The van der Waals surface area contributed by atoms with E-state index in [0.717, 1.165) is 19.8 Å². The summed E-state index contributed by atoms with van der Waals surface area (Å²) in [6, 6.07) is 0. The lowest BCUT2D eigenvalue weighted by Crippen LogP contribution is -2.55. The predicted octanol–water partition coefficient (Wildman–Crippen LogP) is 1.92. The molecule has 3 heteroatoms. The van der Waals surface area contributed by atoms with Crippen LogP contribution in [0.1, 0.15) is 46.0 Å². The number of piperidine rings is 1. The summed E-state index contributed by atoms with van der Waals surface area (Å²) in [6.45, 7) is 9.96.